The average Bonchev–Trinajstić information content (AvgIpc) is 2.87. The van der Waals surface area contributed by atoms with E-state index >= 15 is 0 Å². The Kier molecular flexibility index (Phi) is 4.58. The maximum atomic E-state index is 13.8. The van der Waals surface area contributed by atoms with Crippen LogP contribution in [0.3, 0.4) is 0 Å². The van der Waals surface area contributed by atoms with Crippen molar-refractivity contribution < 1.29 is 17.6 Å². The summed E-state index contributed by atoms with van der Waals surface area (Å²) >= 11 is 1.08. The molecule has 1 heterocycles. The van der Waals surface area contributed by atoms with Gasteiger partial charge in [0.25, 0.3) is 0 Å². The second-order valence-corrected chi connectivity index (χ2v) is 5.43. The minimum absolute atomic E-state index is 0.0879. The van der Waals surface area contributed by atoms with Crippen LogP contribution in [0.4, 0.5) is 17.6 Å². The molecule has 1 aromatic carbocycles. The first kappa shape index (κ1) is 15.8. The van der Waals surface area contributed by atoms with Crippen LogP contribution in [0.15, 0.2) is 18.2 Å². The highest BCUT2D eigenvalue weighted by Crippen LogP contribution is 2.35. The van der Waals surface area contributed by atoms with E-state index in [2.05, 4.69) is 15.5 Å². The van der Waals surface area contributed by atoms with E-state index in [-0.39, 0.29) is 16.6 Å². The summed E-state index contributed by atoms with van der Waals surface area (Å²) in [7, 11) is 0. The van der Waals surface area contributed by atoms with Crippen molar-refractivity contribution in [2.45, 2.75) is 26.1 Å². The Balaban J connectivity index is 2.38. The second kappa shape index (κ2) is 6.07. The van der Waals surface area contributed by atoms with Crippen molar-refractivity contribution in [1.29, 1.82) is 0 Å². The van der Waals surface area contributed by atoms with Crippen LogP contribution < -0.4 is 5.32 Å². The topological polar surface area (TPSA) is 37.8 Å². The van der Waals surface area contributed by atoms with Crippen LogP contribution in [0.5, 0.6) is 0 Å². The van der Waals surface area contributed by atoms with Crippen molar-refractivity contribution in [2.24, 2.45) is 0 Å². The SMILES string of the molecule is CCNC(C)c1nnc(-c2cc(C(F)(F)F)ccc2F)s1. The van der Waals surface area contributed by atoms with Crippen LogP contribution in [-0.2, 0) is 6.18 Å². The lowest BCUT2D eigenvalue weighted by molar-refractivity contribution is -0.137. The number of hydrogen-bond acceptors (Lipinski definition) is 4. The molecule has 0 fully saturated rings. The first-order chi connectivity index (χ1) is 9.82. The van der Waals surface area contributed by atoms with Gasteiger partial charge in [-0.25, -0.2) is 4.39 Å². The molecule has 1 N–H and O–H groups in total. The molecular weight excluding hydrogens is 306 g/mol. The van der Waals surface area contributed by atoms with Gasteiger partial charge in [0.1, 0.15) is 10.8 Å². The van der Waals surface area contributed by atoms with E-state index < -0.39 is 17.6 Å². The first-order valence-corrected chi connectivity index (χ1v) is 7.08. The molecule has 3 nitrogen and oxygen atoms in total. The Hall–Kier alpha value is -1.54. The Morgan fingerprint density at radius 2 is 2.00 bits per heavy atom. The number of aromatic nitrogens is 2. The Morgan fingerprint density at radius 3 is 2.62 bits per heavy atom. The molecule has 0 aliphatic rings. The predicted octanol–water partition coefficient (Wildman–Crippen LogP) is 4.03. The smallest absolute Gasteiger partial charge is 0.308 e. The van der Waals surface area contributed by atoms with Crippen molar-refractivity contribution >= 4 is 11.3 Å². The van der Waals surface area contributed by atoms with Crippen LogP contribution in [-0.4, -0.2) is 16.7 Å². The molecule has 1 atom stereocenters. The van der Waals surface area contributed by atoms with E-state index in [1.165, 1.54) is 0 Å². The van der Waals surface area contributed by atoms with Crippen LogP contribution in [0.25, 0.3) is 10.6 Å². The van der Waals surface area contributed by atoms with Gasteiger partial charge in [-0.2, -0.15) is 13.2 Å². The molecule has 21 heavy (non-hydrogen) atoms. The summed E-state index contributed by atoms with van der Waals surface area (Å²) in [5, 5.41) is 11.5. The Bertz CT molecular complexity index is 624. The van der Waals surface area contributed by atoms with E-state index in [1.807, 2.05) is 13.8 Å². The molecule has 2 rings (SSSR count). The fourth-order valence-corrected chi connectivity index (χ4v) is 2.67. The van der Waals surface area contributed by atoms with Crippen molar-refractivity contribution in [3.05, 3.63) is 34.6 Å². The number of nitrogens with zero attached hydrogens (tertiary/aromatic N) is 2. The second-order valence-electron chi connectivity index (χ2n) is 4.42. The minimum atomic E-state index is -4.52. The third-order valence-corrected chi connectivity index (χ3v) is 3.98. The molecule has 8 heteroatoms. The van der Waals surface area contributed by atoms with Crippen molar-refractivity contribution in [1.82, 2.24) is 15.5 Å². The lowest BCUT2D eigenvalue weighted by atomic mass is 10.1. The zero-order valence-corrected chi connectivity index (χ0v) is 12.1. The average molecular weight is 319 g/mol. The quantitative estimate of drug-likeness (QED) is 0.865. The van der Waals surface area contributed by atoms with Gasteiger partial charge < -0.3 is 5.32 Å². The largest absolute Gasteiger partial charge is 0.416 e. The summed E-state index contributed by atoms with van der Waals surface area (Å²) in [6.07, 6.45) is -4.52. The minimum Gasteiger partial charge on any atom is -0.308 e. The fraction of sp³-hybridized carbons (Fsp3) is 0.385. The number of alkyl halides is 3. The number of halogens is 4. The molecule has 0 aliphatic heterocycles. The fourth-order valence-electron chi connectivity index (χ4n) is 1.78. The van der Waals surface area contributed by atoms with Gasteiger partial charge in [-0.05, 0) is 31.7 Å². The third-order valence-electron chi connectivity index (χ3n) is 2.85. The summed E-state index contributed by atoms with van der Waals surface area (Å²) in [6.45, 7) is 4.50. The molecule has 2 aromatic rings. The molecule has 0 aliphatic carbocycles. The van der Waals surface area contributed by atoms with Crippen LogP contribution in [0, 0.1) is 5.82 Å². The number of rotatable bonds is 4. The number of benzene rings is 1. The van der Waals surface area contributed by atoms with Gasteiger partial charge in [0.2, 0.25) is 0 Å². The van der Waals surface area contributed by atoms with Crippen molar-refractivity contribution in [3.63, 3.8) is 0 Å². The number of nitrogens with one attached hydrogen (secondary N) is 1. The van der Waals surface area contributed by atoms with Gasteiger partial charge >= 0.3 is 6.18 Å². The van der Waals surface area contributed by atoms with Gasteiger partial charge in [-0.1, -0.05) is 18.3 Å². The standard InChI is InChI=1S/C13H13F4N3S/c1-3-18-7(2)11-19-20-12(21-11)9-6-8(13(15,16)17)4-5-10(9)14/h4-7,18H,3H2,1-2H3. The van der Waals surface area contributed by atoms with E-state index in [9.17, 15) is 17.6 Å². The first-order valence-electron chi connectivity index (χ1n) is 6.26. The molecule has 0 spiro atoms. The lowest BCUT2D eigenvalue weighted by Crippen LogP contribution is -2.17. The molecule has 0 radical (unpaired) electrons. The van der Waals surface area contributed by atoms with Crippen LogP contribution >= 0.6 is 11.3 Å². The normalized spacial score (nSPS) is 13.4. The molecule has 1 aromatic heterocycles. The van der Waals surface area contributed by atoms with Crippen LogP contribution in [0.1, 0.15) is 30.5 Å². The van der Waals surface area contributed by atoms with E-state index in [4.69, 9.17) is 0 Å². The highest BCUT2D eigenvalue weighted by molar-refractivity contribution is 7.14. The molecule has 0 saturated heterocycles. The summed E-state index contributed by atoms with van der Waals surface area (Å²) in [5.41, 5.74) is -1.09. The van der Waals surface area contributed by atoms with Gasteiger partial charge in [0.05, 0.1) is 11.6 Å². The van der Waals surface area contributed by atoms with Gasteiger partial charge in [-0.3, -0.25) is 0 Å². The Morgan fingerprint density at radius 1 is 1.29 bits per heavy atom. The molecule has 0 amide bonds. The molecule has 0 bridgehead atoms. The molecular formula is C13H13F4N3S. The predicted molar refractivity (Wildman–Crippen MR) is 72.4 cm³/mol. The summed E-state index contributed by atoms with van der Waals surface area (Å²) in [5.74, 6) is -0.748. The van der Waals surface area contributed by atoms with Crippen molar-refractivity contribution in [2.75, 3.05) is 6.54 Å². The summed E-state index contributed by atoms with van der Waals surface area (Å²) in [4.78, 5) is 0. The third kappa shape index (κ3) is 3.56. The monoisotopic (exact) mass is 319 g/mol. The Labute approximate surface area is 123 Å². The summed E-state index contributed by atoms with van der Waals surface area (Å²) < 4.78 is 51.8. The maximum Gasteiger partial charge on any atom is 0.416 e. The summed E-state index contributed by atoms with van der Waals surface area (Å²) in [6, 6.07) is 2.18. The highest BCUT2D eigenvalue weighted by atomic mass is 32.1. The molecule has 1 unspecified atom stereocenters. The molecule has 114 valence electrons. The van der Waals surface area contributed by atoms with E-state index in [1.54, 1.807) is 0 Å². The zero-order valence-electron chi connectivity index (χ0n) is 11.3. The molecule has 0 saturated carbocycles. The van der Waals surface area contributed by atoms with Crippen molar-refractivity contribution in [3.8, 4) is 10.6 Å². The van der Waals surface area contributed by atoms with Gasteiger partial charge in [-0.15, -0.1) is 10.2 Å². The van der Waals surface area contributed by atoms with E-state index in [0.29, 0.717) is 17.6 Å². The maximum absolute atomic E-state index is 13.8. The highest BCUT2D eigenvalue weighted by Gasteiger charge is 2.31. The van der Waals surface area contributed by atoms with Crippen LogP contribution in [0.2, 0.25) is 0 Å². The van der Waals surface area contributed by atoms with Gasteiger partial charge in [0.15, 0.2) is 5.01 Å². The number of hydrogen-bond donors (Lipinski definition) is 1. The van der Waals surface area contributed by atoms with Gasteiger partial charge in [0, 0.05) is 5.56 Å². The van der Waals surface area contributed by atoms with E-state index in [0.717, 1.165) is 23.5 Å². The lowest BCUT2D eigenvalue weighted by Gasteiger charge is -2.08. The zero-order chi connectivity index (χ0) is 15.6.